The van der Waals surface area contributed by atoms with Crippen molar-refractivity contribution in [1.82, 2.24) is 10.6 Å². The maximum Gasteiger partial charge on any atom is 0.267 e. The number of hydrogen-bond acceptors (Lipinski definition) is 5. The summed E-state index contributed by atoms with van der Waals surface area (Å²) in [6, 6.07) is 15.3. The molecule has 1 heterocycles. The Morgan fingerprint density at radius 3 is 2.30 bits per heavy atom. The van der Waals surface area contributed by atoms with Crippen molar-refractivity contribution >= 4 is 29.1 Å². The van der Waals surface area contributed by atoms with Crippen LogP contribution in [0, 0.1) is 0 Å². The maximum atomic E-state index is 12.2. The van der Waals surface area contributed by atoms with E-state index < -0.39 is 17.4 Å². The van der Waals surface area contributed by atoms with E-state index in [4.69, 9.17) is 5.73 Å². The Kier molecular flexibility index (Phi) is 5.00. The van der Waals surface area contributed by atoms with E-state index in [1.54, 1.807) is 48.5 Å². The summed E-state index contributed by atoms with van der Waals surface area (Å²) in [7, 11) is 1.46. The second-order valence-corrected chi connectivity index (χ2v) is 5.93. The average Bonchev–Trinajstić information content (AvgIpc) is 3.15. The van der Waals surface area contributed by atoms with Gasteiger partial charge >= 0.3 is 0 Å². The van der Waals surface area contributed by atoms with E-state index in [9.17, 15) is 14.4 Å². The van der Waals surface area contributed by atoms with Crippen molar-refractivity contribution in [3.05, 3.63) is 65.7 Å². The van der Waals surface area contributed by atoms with Crippen LogP contribution in [0.3, 0.4) is 0 Å². The molecule has 0 bridgehead atoms. The van der Waals surface area contributed by atoms with Crippen LogP contribution in [0.2, 0.25) is 0 Å². The minimum absolute atomic E-state index is 0.0126. The van der Waals surface area contributed by atoms with Crippen LogP contribution in [0.1, 0.15) is 15.9 Å². The van der Waals surface area contributed by atoms with Gasteiger partial charge in [0.15, 0.2) is 5.54 Å². The lowest BCUT2D eigenvalue weighted by Gasteiger charge is -2.27. The first-order chi connectivity index (χ1) is 13.0. The van der Waals surface area contributed by atoms with Crippen molar-refractivity contribution in [2.75, 3.05) is 19.0 Å². The summed E-state index contributed by atoms with van der Waals surface area (Å²) in [5.41, 5.74) is 5.65. The molecule has 3 amide bonds. The number of nitrogens with zero attached hydrogens (tertiary/aromatic N) is 1. The third kappa shape index (κ3) is 3.30. The fourth-order valence-electron chi connectivity index (χ4n) is 2.98. The van der Waals surface area contributed by atoms with Crippen molar-refractivity contribution in [2.45, 2.75) is 5.54 Å². The lowest BCUT2D eigenvalue weighted by Crippen LogP contribution is -2.58. The van der Waals surface area contributed by atoms with Crippen LogP contribution in [0.5, 0.6) is 0 Å². The van der Waals surface area contributed by atoms with Crippen LogP contribution >= 0.6 is 0 Å². The molecule has 2 aromatic carbocycles. The van der Waals surface area contributed by atoms with Crippen LogP contribution in [0.4, 0.5) is 5.69 Å². The highest BCUT2D eigenvalue weighted by Crippen LogP contribution is 2.28. The van der Waals surface area contributed by atoms with Gasteiger partial charge in [0.05, 0.1) is 6.67 Å². The first kappa shape index (κ1) is 18.3. The van der Waals surface area contributed by atoms with Gasteiger partial charge in [0.1, 0.15) is 5.71 Å². The molecule has 0 aliphatic carbocycles. The Labute approximate surface area is 155 Å². The van der Waals surface area contributed by atoms with Gasteiger partial charge in [0, 0.05) is 18.3 Å². The summed E-state index contributed by atoms with van der Waals surface area (Å²) in [5, 5.41) is 8.16. The summed E-state index contributed by atoms with van der Waals surface area (Å²) < 4.78 is 0. The van der Waals surface area contributed by atoms with Crippen molar-refractivity contribution in [3.8, 4) is 0 Å². The van der Waals surface area contributed by atoms with Gasteiger partial charge in [-0.25, -0.2) is 0 Å². The zero-order chi connectivity index (χ0) is 19.4. The molecule has 8 heteroatoms. The van der Waals surface area contributed by atoms with Crippen LogP contribution < -0.4 is 21.7 Å². The molecular weight excluding hydrogens is 346 g/mol. The van der Waals surface area contributed by atoms with Gasteiger partial charge in [0.2, 0.25) is 5.91 Å². The number of primary amides is 1. The number of nitrogens with one attached hydrogen (secondary N) is 3. The fourth-order valence-corrected chi connectivity index (χ4v) is 2.98. The highest BCUT2D eigenvalue weighted by Gasteiger charge is 2.49. The molecule has 27 heavy (non-hydrogen) atoms. The summed E-state index contributed by atoms with van der Waals surface area (Å²) in [4.78, 5) is 40.7. The number of carbonyl (C=O) groups excluding carboxylic acids is 3. The Morgan fingerprint density at radius 1 is 1.04 bits per heavy atom. The number of carbonyl (C=O) groups is 3. The molecule has 3 rings (SSSR count). The molecule has 1 atom stereocenters. The van der Waals surface area contributed by atoms with Gasteiger partial charge in [-0.3, -0.25) is 24.7 Å². The summed E-state index contributed by atoms with van der Waals surface area (Å²) in [6.07, 6.45) is 0. The second-order valence-electron chi connectivity index (χ2n) is 5.93. The van der Waals surface area contributed by atoms with Gasteiger partial charge in [-0.2, -0.15) is 0 Å². The Hall–Kier alpha value is -3.52. The SMILES string of the molecule is CNC(=O)C1=NCNC1(C(N)=O)c1ccc(NC(=O)c2ccccc2)cc1. The fraction of sp³-hybridized carbons (Fsp3) is 0.158. The van der Waals surface area contributed by atoms with Crippen molar-refractivity contribution in [3.63, 3.8) is 0 Å². The molecule has 0 spiro atoms. The zero-order valence-electron chi connectivity index (χ0n) is 14.7. The molecule has 1 unspecified atom stereocenters. The van der Waals surface area contributed by atoms with Crippen LogP contribution in [0.25, 0.3) is 0 Å². The van der Waals surface area contributed by atoms with Gasteiger partial charge in [-0.1, -0.05) is 30.3 Å². The minimum atomic E-state index is -1.51. The molecule has 138 valence electrons. The molecule has 1 aliphatic heterocycles. The van der Waals surface area contributed by atoms with E-state index in [0.29, 0.717) is 16.8 Å². The summed E-state index contributed by atoms with van der Waals surface area (Å²) in [6.45, 7) is 0.0954. The quantitative estimate of drug-likeness (QED) is 0.611. The molecular formula is C19H19N5O3. The molecule has 0 aromatic heterocycles. The number of amides is 3. The Bertz CT molecular complexity index is 909. The number of benzene rings is 2. The molecule has 2 aromatic rings. The third-order valence-corrected chi connectivity index (χ3v) is 4.36. The molecule has 1 aliphatic rings. The Balaban J connectivity index is 1.87. The van der Waals surface area contributed by atoms with Gasteiger partial charge in [0.25, 0.3) is 11.8 Å². The first-order valence-electron chi connectivity index (χ1n) is 8.28. The average molecular weight is 365 g/mol. The topological polar surface area (TPSA) is 126 Å². The van der Waals surface area contributed by atoms with E-state index >= 15 is 0 Å². The molecule has 0 saturated carbocycles. The van der Waals surface area contributed by atoms with Gasteiger partial charge in [-0.15, -0.1) is 0 Å². The van der Waals surface area contributed by atoms with Gasteiger partial charge < -0.3 is 16.4 Å². The largest absolute Gasteiger partial charge is 0.367 e. The number of anilines is 1. The van der Waals surface area contributed by atoms with E-state index in [0.717, 1.165) is 0 Å². The maximum absolute atomic E-state index is 12.2. The van der Waals surface area contributed by atoms with Gasteiger partial charge in [-0.05, 0) is 29.8 Å². The molecule has 0 saturated heterocycles. The second kappa shape index (κ2) is 7.38. The monoisotopic (exact) mass is 365 g/mol. The number of hydrogen-bond donors (Lipinski definition) is 4. The molecule has 8 nitrogen and oxygen atoms in total. The van der Waals surface area contributed by atoms with Crippen LogP contribution in [-0.2, 0) is 15.1 Å². The van der Waals surface area contributed by atoms with E-state index in [-0.39, 0.29) is 18.3 Å². The smallest absolute Gasteiger partial charge is 0.267 e. The first-order valence-corrected chi connectivity index (χ1v) is 8.28. The van der Waals surface area contributed by atoms with Crippen molar-refractivity contribution < 1.29 is 14.4 Å². The van der Waals surface area contributed by atoms with E-state index in [1.807, 2.05) is 6.07 Å². The third-order valence-electron chi connectivity index (χ3n) is 4.36. The lowest BCUT2D eigenvalue weighted by atomic mass is 9.84. The number of nitrogens with two attached hydrogens (primary N) is 1. The zero-order valence-corrected chi connectivity index (χ0v) is 14.7. The predicted molar refractivity (Wildman–Crippen MR) is 101 cm³/mol. The molecule has 0 radical (unpaired) electrons. The summed E-state index contributed by atoms with van der Waals surface area (Å²) in [5.74, 6) is -1.47. The number of aliphatic imine (C=N–C) groups is 1. The number of rotatable bonds is 5. The predicted octanol–water partition coefficient (Wildman–Crippen LogP) is 0.367. The molecule has 0 fully saturated rings. The van der Waals surface area contributed by atoms with Crippen LogP contribution in [0.15, 0.2) is 59.6 Å². The van der Waals surface area contributed by atoms with Crippen LogP contribution in [-0.4, -0.2) is 37.1 Å². The standard InChI is InChI=1S/C19H19N5O3/c1-21-17(26)15-19(18(20)27,23-11-22-15)13-7-9-14(10-8-13)24-16(25)12-5-3-2-4-6-12/h2-10,23H,11H2,1H3,(H2,20,27)(H,21,26)(H,24,25). The minimum Gasteiger partial charge on any atom is -0.367 e. The Morgan fingerprint density at radius 2 is 1.70 bits per heavy atom. The van der Waals surface area contributed by atoms with Crippen molar-refractivity contribution in [1.29, 1.82) is 0 Å². The van der Waals surface area contributed by atoms with Crippen molar-refractivity contribution in [2.24, 2.45) is 10.7 Å². The normalized spacial score (nSPS) is 18.5. The highest BCUT2D eigenvalue weighted by molar-refractivity contribution is 6.47. The van der Waals surface area contributed by atoms with E-state index in [2.05, 4.69) is 20.9 Å². The highest BCUT2D eigenvalue weighted by atomic mass is 16.2. The lowest BCUT2D eigenvalue weighted by molar-refractivity contribution is -0.123. The molecule has 5 N–H and O–H groups in total. The summed E-state index contributed by atoms with van der Waals surface area (Å²) >= 11 is 0. The van der Waals surface area contributed by atoms with E-state index in [1.165, 1.54) is 7.05 Å².